The maximum atomic E-state index is 13.6. The standard InChI is InChI=1S/C14H13FN2O3S/c1-21(20)13-7-4-10(8-12(13)15)17-14(19)16-9-2-5-11(18)6-3-9/h2-8,18H,1H3,(H2,16,17,19)/t21-/m0/s1. The second-order valence-corrected chi connectivity index (χ2v) is 5.57. The Bertz CT molecular complexity index is 689. The first-order chi connectivity index (χ1) is 9.95. The quantitative estimate of drug-likeness (QED) is 0.763. The van der Waals surface area contributed by atoms with Gasteiger partial charge in [-0.2, -0.15) is 0 Å². The highest BCUT2D eigenvalue weighted by atomic mass is 32.2. The summed E-state index contributed by atoms with van der Waals surface area (Å²) in [7, 11) is -1.42. The van der Waals surface area contributed by atoms with E-state index in [1.165, 1.54) is 42.7 Å². The van der Waals surface area contributed by atoms with Crippen LogP contribution < -0.4 is 10.6 Å². The Balaban J connectivity index is 2.04. The van der Waals surface area contributed by atoms with Crippen molar-refractivity contribution in [3.63, 3.8) is 0 Å². The molecule has 0 aliphatic rings. The topological polar surface area (TPSA) is 78.4 Å². The van der Waals surface area contributed by atoms with Crippen molar-refractivity contribution in [3.8, 4) is 5.75 Å². The van der Waals surface area contributed by atoms with Crippen LogP contribution in [0.25, 0.3) is 0 Å². The van der Waals surface area contributed by atoms with Gasteiger partial charge >= 0.3 is 6.03 Å². The van der Waals surface area contributed by atoms with Crippen molar-refractivity contribution in [2.75, 3.05) is 16.9 Å². The molecule has 0 spiro atoms. The Hall–Kier alpha value is -2.41. The highest BCUT2D eigenvalue weighted by Gasteiger charge is 2.09. The van der Waals surface area contributed by atoms with E-state index in [1.807, 2.05) is 0 Å². The van der Waals surface area contributed by atoms with Crippen molar-refractivity contribution >= 4 is 28.2 Å². The number of anilines is 2. The Morgan fingerprint density at radius 3 is 2.24 bits per heavy atom. The smallest absolute Gasteiger partial charge is 0.323 e. The number of hydrogen-bond donors (Lipinski definition) is 3. The van der Waals surface area contributed by atoms with E-state index in [-0.39, 0.29) is 16.3 Å². The number of aromatic hydroxyl groups is 1. The SMILES string of the molecule is C[S@](=O)c1ccc(NC(=O)Nc2ccc(O)cc2)cc1F. The van der Waals surface area contributed by atoms with Gasteiger partial charge in [-0.25, -0.2) is 9.18 Å². The number of phenols is 1. The molecule has 0 saturated carbocycles. The van der Waals surface area contributed by atoms with Gasteiger partial charge in [0.1, 0.15) is 11.6 Å². The van der Waals surface area contributed by atoms with Gasteiger partial charge in [-0.15, -0.1) is 0 Å². The van der Waals surface area contributed by atoms with Crippen LogP contribution in [0.1, 0.15) is 0 Å². The van der Waals surface area contributed by atoms with Gasteiger partial charge in [-0.05, 0) is 42.5 Å². The van der Waals surface area contributed by atoms with Crippen LogP contribution in [-0.4, -0.2) is 21.6 Å². The molecule has 21 heavy (non-hydrogen) atoms. The van der Waals surface area contributed by atoms with E-state index in [4.69, 9.17) is 5.11 Å². The number of rotatable bonds is 3. The van der Waals surface area contributed by atoms with Crippen molar-refractivity contribution < 1.29 is 18.5 Å². The van der Waals surface area contributed by atoms with E-state index < -0.39 is 22.6 Å². The molecule has 2 rings (SSSR count). The fourth-order valence-electron chi connectivity index (χ4n) is 1.65. The molecule has 0 saturated heterocycles. The summed E-state index contributed by atoms with van der Waals surface area (Å²) in [5, 5.41) is 14.1. The lowest BCUT2D eigenvalue weighted by Crippen LogP contribution is -2.19. The summed E-state index contributed by atoms with van der Waals surface area (Å²) in [5.41, 5.74) is 0.732. The fraction of sp³-hybridized carbons (Fsp3) is 0.0714. The average molecular weight is 308 g/mol. The summed E-state index contributed by atoms with van der Waals surface area (Å²) in [6.07, 6.45) is 1.38. The van der Waals surface area contributed by atoms with E-state index >= 15 is 0 Å². The predicted octanol–water partition coefficient (Wildman–Crippen LogP) is 2.91. The summed E-state index contributed by atoms with van der Waals surface area (Å²) in [4.78, 5) is 11.8. The van der Waals surface area contributed by atoms with Gasteiger partial charge in [0.25, 0.3) is 0 Å². The first kappa shape index (κ1) is 15.0. The molecular formula is C14H13FN2O3S. The maximum absolute atomic E-state index is 13.6. The molecule has 5 nitrogen and oxygen atoms in total. The Morgan fingerprint density at radius 2 is 1.67 bits per heavy atom. The molecule has 2 aromatic rings. The number of carbonyl (C=O) groups excluding carboxylic acids is 1. The monoisotopic (exact) mass is 308 g/mol. The van der Waals surface area contributed by atoms with E-state index in [0.29, 0.717) is 5.69 Å². The number of amides is 2. The number of phenolic OH excluding ortho intramolecular Hbond substituents is 1. The van der Waals surface area contributed by atoms with Crippen LogP contribution in [-0.2, 0) is 10.8 Å². The van der Waals surface area contributed by atoms with E-state index in [9.17, 15) is 13.4 Å². The second kappa shape index (κ2) is 6.36. The van der Waals surface area contributed by atoms with Gasteiger partial charge in [0, 0.05) is 17.6 Å². The third-order valence-electron chi connectivity index (χ3n) is 2.62. The molecule has 3 N–H and O–H groups in total. The first-order valence-electron chi connectivity index (χ1n) is 5.96. The number of carbonyl (C=O) groups is 1. The Labute approximate surface area is 123 Å². The fourth-order valence-corrected chi connectivity index (χ4v) is 2.24. The lowest BCUT2D eigenvalue weighted by molar-refractivity contribution is 0.262. The van der Waals surface area contributed by atoms with Crippen LogP contribution in [0.5, 0.6) is 5.75 Å². The molecule has 0 fully saturated rings. The first-order valence-corrected chi connectivity index (χ1v) is 7.51. The minimum atomic E-state index is -1.42. The minimum Gasteiger partial charge on any atom is -0.508 e. The van der Waals surface area contributed by atoms with Crippen LogP contribution in [0.3, 0.4) is 0 Å². The molecule has 110 valence electrons. The summed E-state index contributed by atoms with van der Waals surface area (Å²) < 4.78 is 24.8. The highest BCUT2D eigenvalue weighted by Crippen LogP contribution is 2.18. The second-order valence-electron chi connectivity index (χ2n) is 4.23. The Kier molecular flexibility index (Phi) is 4.54. The molecule has 0 aliphatic carbocycles. The van der Waals surface area contributed by atoms with Gasteiger partial charge in [0.05, 0.1) is 15.7 Å². The van der Waals surface area contributed by atoms with Crippen molar-refractivity contribution in [1.29, 1.82) is 0 Å². The number of hydrogen-bond acceptors (Lipinski definition) is 3. The zero-order chi connectivity index (χ0) is 15.4. The van der Waals surface area contributed by atoms with Crippen molar-refractivity contribution in [2.24, 2.45) is 0 Å². The largest absolute Gasteiger partial charge is 0.508 e. The van der Waals surface area contributed by atoms with Crippen LogP contribution in [0.4, 0.5) is 20.6 Å². The van der Waals surface area contributed by atoms with Crippen molar-refractivity contribution in [3.05, 3.63) is 48.3 Å². The van der Waals surface area contributed by atoms with Crippen LogP contribution >= 0.6 is 0 Å². The molecule has 0 aliphatic heterocycles. The van der Waals surface area contributed by atoms with E-state index in [1.54, 1.807) is 0 Å². The van der Waals surface area contributed by atoms with Gasteiger partial charge in [-0.1, -0.05) is 0 Å². The highest BCUT2D eigenvalue weighted by molar-refractivity contribution is 7.84. The zero-order valence-electron chi connectivity index (χ0n) is 11.1. The summed E-state index contributed by atoms with van der Waals surface area (Å²) >= 11 is 0. The summed E-state index contributed by atoms with van der Waals surface area (Å²) in [5.74, 6) is -0.551. The third kappa shape index (κ3) is 4.03. The number of benzene rings is 2. The van der Waals surface area contributed by atoms with Crippen LogP contribution in [0, 0.1) is 5.82 Å². The lowest BCUT2D eigenvalue weighted by Gasteiger charge is -2.08. The molecular weight excluding hydrogens is 295 g/mol. The van der Waals surface area contributed by atoms with Gasteiger partial charge in [-0.3, -0.25) is 4.21 Å². The van der Waals surface area contributed by atoms with Crippen LogP contribution in [0.2, 0.25) is 0 Å². The van der Waals surface area contributed by atoms with Crippen LogP contribution in [0.15, 0.2) is 47.4 Å². The number of halogens is 1. The third-order valence-corrected chi connectivity index (χ3v) is 3.58. The van der Waals surface area contributed by atoms with Crippen molar-refractivity contribution in [2.45, 2.75) is 4.90 Å². The molecule has 0 heterocycles. The molecule has 1 atom stereocenters. The van der Waals surface area contributed by atoms with Gasteiger partial charge in [0.15, 0.2) is 0 Å². The number of urea groups is 1. The summed E-state index contributed by atoms with van der Waals surface area (Å²) in [6.45, 7) is 0. The normalized spacial score (nSPS) is 11.7. The molecule has 0 unspecified atom stereocenters. The molecule has 0 bridgehead atoms. The maximum Gasteiger partial charge on any atom is 0.323 e. The average Bonchev–Trinajstić information content (AvgIpc) is 2.41. The molecule has 2 amide bonds. The molecule has 0 aromatic heterocycles. The molecule has 2 aromatic carbocycles. The lowest BCUT2D eigenvalue weighted by atomic mass is 10.3. The van der Waals surface area contributed by atoms with Gasteiger partial charge in [0.2, 0.25) is 0 Å². The minimum absolute atomic E-state index is 0.0829. The molecule has 7 heteroatoms. The summed E-state index contributed by atoms with van der Waals surface area (Å²) in [6, 6.07) is 9.30. The predicted molar refractivity (Wildman–Crippen MR) is 79.5 cm³/mol. The Morgan fingerprint density at radius 1 is 1.10 bits per heavy atom. The zero-order valence-corrected chi connectivity index (χ0v) is 11.9. The number of nitrogens with one attached hydrogen (secondary N) is 2. The van der Waals surface area contributed by atoms with Crippen molar-refractivity contribution in [1.82, 2.24) is 0 Å². The molecule has 0 radical (unpaired) electrons. The van der Waals surface area contributed by atoms with E-state index in [0.717, 1.165) is 6.07 Å². The van der Waals surface area contributed by atoms with Gasteiger partial charge < -0.3 is 15.7 Å². The van der Waals surface area contributed by atoms with E-state index in [2.05, 4.69) is 10.6 Å².